The summed E-state index contributed by atoms with van der Waals surface area (Å²) in [6, 6.07) is 12.0. The van der Waals surface area contributed by atoms with Gasteiger partial charge in [0, 0.05) is 5.02 Å². The maximum Gasteiger partial charge on any atom is 0.269 e. The van der Waals surface area contributed by atoms with E-state index >= 15 is 0 Å². The molecule has 0 atom stereocenters. The number of rotatable bonds is 5. The number of pyridine rings is 1. The van der Waals surface area contributed by atoms with Gasteiger partial charge in [0.05, 0.1) is 29.3 Å². The van der Waals surface area contributed by atoms with Crippen LogP contribution in [-0.4, -0.2) is 39.6 Å². The zero-order chi connectivity index (χ0) is 23.8. The predicted molar refractivity (Wildman–Crippen MR) is 127 cm³/mol. The molecule has 0 radical (unpaired) electrons. The first-order chi connectivity index (χ1) is 15.7. The Bertz CT molecular complexity index is 1330. The number of sulfonamides is 1. The molecular weight excluding hydrogens is 513 g/mol. The molecule has 0 unspecified atom stereocenters. The third-order valence-corrected chi connectivity index (χ3v) is 7.43. The minimum absolute atomic E-state index is 0.00586. The first-order valence-corrected chi connectivity index (χ1v) is 12.1. The second kappa shape index (κ2) is 9.26. The largest absolute Gasteiger partial charge is 0.495 e. The summed E-state index contributed by atoms with van der Waals surface area (Å²) in [7, 11) is -2.76. The number of hydrogen-bond donors (Lipinski definition) is 1. The van der Waals surface area contributed by atoms with Crippen molar-refractivity contribution in [2.45, 2.75) is 4.90 Å². The van der Waals surface area contributed by atoms with Gasteiger partial charge in [0.2, 0.25) is 0 Å². The van der Waals surface area contributed by atoms with Crippen LogP contribution in [0.3, 0.4) is 0 Å². The topological polar surface area (TPSA) is 97.8 Å². The fraction of sp³-hybridized carbons (Fsp3) is 0.143. The van der Waals surface area contributed by atoms with E-state index in [1.54, 1.807) is 6.07 Å². The third-order valence-electron chi connectivity index (χ3n) is 4.75. The van der Waals surface area contributed by atoms with Gasteiger partial charge in [-0.15, -0.1) is 0 Å². The SMILES string of the molecule is COc1ccc(Cl)cc1S(=O)(=O)N1CCOc2ccc(NC(=O)c3c(Cl)cccc3Cl)nc21. The van der Waals surface area contributed by atoms with Gasteiger partial charge in [0.25, 0.3) is 15.9 Å². The highest BCUT2D eigenvalue weighted by Crippen LogP contribution is 2.38. The molecule has 1 amide bonds. The Morgan fingerprint density at radius 2 is 1.85 bits per heavy atom. The molecule has 0 fully saturated rings. The molecule has 12 heteroatoms. The van der Waals surface area contributed by atoms with Crippen molar-refractivity contribution in [3.05, 3.63) is 69.2 Å². The van der Waals surface area contributed by atoms with Crippen LogP contribution >= 0.6 is 34.8 Å². The van der Waals surface area contributed by atoms with E-state index in [0.717, 1.165) is 4.31 Å². The van der Waals surface area contributed by atoms with E-state index < -0.39 is 15.9 Å². The molecule has 0 spiro atoms. The zero-order valence-corrected chi connectivity index (χ0v) is 20.1. The van der Waals surface area contributed by atoms with Crippen molar-refractivity contribution in [1.29, 1.82) is 0 Å². The molecule has 33 heavy (non-hydrogen) atoms. The summed E-state index contributed by atoms with van der Waals surface area (Å²) in [5, 5.41) is 3.15. The van der Waals surface area contributed by atoms with Crippen molar-refractivity contribution in [3.63, 3.8) is 0 Å². The van der Waals surface area contributed by atoms with E-state index in [-0.39, 0.29) is 61.8 Å². The highest BCUT2D eigenvalue weighted by molar-refractivity contribution is 7.93. The van der Waals surface area contributed by atoms with Crippen molar-refractivity contribution in [1.82, 2.24) is 4.98 Å². The summed E-state index contributed by atoms with van der Waals surface area (Å²) in [5.74, 6) is -0.143. The highest BCUT2D eigenvalue weighted by Gasteiger charge is 2.34. The molecule has 2 heterocycles. The number of methoxy groups -OCH3 is 1. The van der Waals surface area contributed by atoms with Crippen LogP contribution in [0.25, 0.3) is 0 Å². The second-order valence-electron chi connectivity index (χ2n) is 6.79. The Kier molecular flexibility index (Phi) is 6.58. The lowest BCUT2D eigenvalue weighted by molar-refractivity contribution is 0.102. The van der Waals surface area contributed by atoms with Gasteiger partial charge < -0.3 is 14.8 Å². The fourth-order valence-electron chi connectivity index (χ4n) is 3.24. The summed E-state index contributed by atoms with van der Waals surface area (Å²) >= 11 is 18.2. The van der Waals surface area contributed by atoms with E-state index in [2.05, 4.69) is 10.3 Å². The summed E-state index contributed by atoms with van der Waals surface area (Å²) in [4.78, 5) is 16.9. The fourth-order valence-corrected chi connectivity index (χ4v) is 5.64. The predicted octanol–water partition coefficient (Wildman–Crippen LogP) is 4.89. The minimum Gasteiger partial charge on any atom is -0.495 e. The Morgan fingerprint density at radius 1 is 1.12 bits per heavy atom. The summed E-state index contributed by atoms with van der Waals surface area (Å²) in [6.45, 7) is 0.101. The van der Waals surface area contributed by atoms with Crippen LogP contribution in [0.4, 0.5) is 11.6 Å². The number of benzene rings is 2. The molecule has 0 saturated heterocycles. The Morgan fingerprint density at radius 3 is 2.55 bits per heavy atom. The van der Waals surface area contributed by atoms with Gasteiger partial charge in [-0.1, -0.05) is 40.9 Å². The first kappa shape index (κ1) is 23.4. The number of hydrogen-bond acceptors (Lipinski definition) is 6. The van der Waals surface area contributed by atoms with Crippen molar-refractivity contribution in [3.8, 4) is 11.5 Å². The average Bonchev–Trinajstić information content (AvgIpc) is 2.78. The molecule has 0 bridgehead atoms. The van der Waals surface area contributed by atoms with Gasteiger partial charge in [0.1, 0.15) is 23.1 Å². The lowest BCUT2D eigenvalue weighted by Gasteiger charge is -2.30. The van der Waals surface area contributed by atoms with E-state index in [1.165, 1.54) is 49.6 Å². The molecule has 1 aliphatic heterocycles. The third kappa shape index (κ3) is 4.54. The number of nitrogens with one attached hydrogen (secondary N) is 1. The minimum atomic E-state index is -4.13. The highest BCUT2D eigenvalue weighted by atomic mass is 35.5. The number of anilines is 2. The second-order valence-corrected chi connectivity index (χ2v) is 9.87. The van der Waals surface area contributed by atoms with Gasteiger partial charge in [-0.2, -0.15) is 0 Å². The lowest BCUT2D eigenvalue weighted by atomic mass is 10.2. The Balaban J connectivity index is 1.72. The summed E-state index contributed by atoms with van der Waals surface area (Å²) < 4.78 is 38.9. The molecule has 1 aliphatic rings. The molecular formula is C21H16Cl3N3O5S. The maximum absolute atomic E-state index is 13.5. The van der Waals surface area contributed by atoms with Crippen LogP contribution in [0.2, 0.25) is 15.1 Å². The number of amides is 1. The Labute approximate surface area is 205 Å². The number of carbonyl (C=O) groups excluding carboxylic acids is 1. The van der Waals surface area contributed by atoms with Crippen LogP contribution in [0.15, 0.2) is 53.4 Å². The van der Waals surface area contributed by atoms with E-state index in [0.29, 0.717) is 0 Å². The molecule has 0 aliphatic carbocycles. The monoisotopic (exact) mass is 527 g/mol. The van der Waals surface area contributed by atoms with Gasteiger partial charge in [-0.25, -0.2) is 17.7 Å². The number of carbonyl (C=O) groups is 1. The Hall–Kier alpha value is -2.72. The van der Waals surface area contributed by atoms with Gasteiger partial charge in [-0.3, -0.25) is 4.79 Å². The smallest absolute Gasteiger partial charge is 0.269 e. The molecule has 4 rings (SSSR count). The summed E-state index contributed by atoms with van der Waals surface area (Å²) in [5.41, 5.74) is 0.0738. The van der Waals surface area contributed by atoms with Gasteiger partial charge >= 0.3 is 0 Å². The van der Waals surface area contributed by atoms with E-state index in [4.69, 9.17) is 44.3 Å². The zero-order valence-electron chi connectivity index (χ0n) is 17.0. The molecule has 8 nitrogen and oxygen atoms in total. The molecule has 2 aromatic carbocycles. The van der Waals surface area contributed by atoms with Crippen LogP contribution in [0.1, 0.15) is 10.4 Å². The first-order valence-electron chi connectivity index (χ1n) is 9.48. The maximum atomic E-state index is 13.5. The number of aromatic nitrogens is 1. The van der Waals surface area contributed by atoms with Crippen LogP contribution in [0.5, 0.6) is 11.5 Å². The molecule has 172 valence electrons. The van der Waals surface area contributed by atoms with Crippen molar-refractivity contribution in [2.24, 2.45) is 0 Å². The summed E-state index contributed by atoms with van der Waals surface area (Å²) in [6.07, 6.45) is 0. The van der Waals surface area contributed by atoms with Crippen LogP contribution in [-0.2, 0) is 10.0 Å². The normalized spacial score (nSPS) is 13.2. The van der Waals surface area contributed by atoms with Crippen LogP contribution < -0.4 is 19.1 Å². The number of ether oxygens (including phenoxy) is 2. The van der Waals surface area contributed by atoms with Gasteiger partial charge in [-0.05, 0) is 42.5 Å². The molecule has 0 saturated carbocycles. The van der Waals surface area contributed by atoms with E-state index in [9.17, 15) is 13.2 Å². The standard InChI is InChI=1S/C21H16Cl3N3O5S/c1-31-15-6-5-12(22)11-17(15)33(29,30)27-9-10-32-16-7-8-18(25-20(16)27)26-21(28)19-13(23)3-2-4-14(19)24/h2-8,11H,9-10H2,1H3,(H,25,26,28). The van der Waals surface area contributed by atoms with Crippen LogP contribution in [0, 0.1) is 0 Å². The number of halogens is 3. The molecule has 1 aromatic heterocycles. The van der Waals surface area contributed by atoms with Gasteiger partial charge in [0.15, 0.2) is 11.6 Å². The molecule has 1 N–H and O–H groups in total. The van der Waals surface area contributed by atoms with Crippen molar-refractivity contribution < 1.29 is 22.7 Å². The molecule has 3 aromatic rings. The van der Waals surface area contributed by atoms with Crippen molar-refractivity contribution >= 4 is 62.4 Å². The quantitative estimate of drug-likeness (QED) is 0.506. The number of nitrogens with zero attached hydrogens (tertiary/aromatic N) is 2. The average molecular weight is 529 g/mol. The lowest BCUT2D eigenvalue weighted by Crippen LogP contribution is -2.39. The van der Waals surface area contributed by atoms with Crippen molar-refractivity contribution in [2.75, 3.05) is 29.9 Å². The van der Waals surface area contributed by atoms with E-state index in [1.807, 2.05) is 0 Å². The number of fused-ring (bicyclic) bond motifs is 1.